The first kappa shape index (κ1) is 13.9. The van der Waals surface area contributed by atoms with Gasteiger partial charge in [-0.3, -0.25) is 0 Å². The summed E-state index contributed by atoms with van der Waals surface area (Å²) in [6.07, 6.45) is -3.77. The summed E-state index contributed by atoms with van der Waals surface area (Å²) in [6, 6.07) is 6.72. The first-order valence-electron chi connectivity index (χ1n) is 5.08. The second-order valence-corrected chi connectivity index (χ2v) is 4.63. The molecule has 1 aromatic carbocycles. The highest BCUT2D eigenvalue weighted by atomic mass is 79.9. The molecule has 9 heteroatoms. The van der Waals surface area contributed by atoms with Gasteiger partial charge < -0.3 is 0 Å². The van der Waals surface area contributed by atoms with Gasteiger partial charge >= 0.3 is 12.3 Å². The molecule has 2 aromatic rings. The van der Waals surface area contributed by atoms with E-state index in [2.05, 4.69) is 31.3 Å². The van der Waals surface area contributed by atoms with E-state index in [1.54, 1.807) is 24.3 Å². The molecule has 0 aliphatic carbocycles. The van der Waals surface area contributed by atoms with Gasteiger partial charge in [-0.1, -0.05) is 15.9 Å². The van der Waals surface area contributed by atoms with Crippen molar-refractivity contribution in [3.63, 3.8) is 0 Å². The van der Waals surface area contributed by atoms with Gasteiger partial charge in [0.2, 0.25) is 5.82 Å². The first-order valence-corrected chi connectivity index (χ1v) is 5.87. The van der Waals surface area contributed by atoms with Crippen LogP contribution < -0.4 is 0 Å². The topological polar surface area (TPSA) is 43.6 Å². The Morgan fingerprint density at radius 3 is 2.42 bits per heavy atom. The SMILES string of the molecule is FC(F)C(F)(F)Cn1nnc(-c2ccc(Br)cc2)n1. The minimum atomic E-state index is -4.18. The van der Waals surface area contributed by atoms with Crippen LogP contribution in [0, 0.1) is 0 Å². The standard InChI is InChI=1S/C10H7BrF4N4/c11-7-3-1-6(2-4-7)8-16-18-19(17-8)5-10(14,15)9(12)13/h1-4,9H,5H2. The lowest BCUT2D eigenvalue weighted by Gasteiger charge is -2.12. The van der Waals surface area contributed by atoms with E-state index in [9.17, 15) is 17.6 Å². The number of halogens is 5. The molecule has 0 fully saturated rings. The summed E-state index contributed by atoms with van der Waals surface area (Å²) in [7, 11) is 0. The predicted molar refractivity (Wildman–Crippen MR) is 61.9 cm³/mol. The van der Waals surface area contributed by atoms with Crippen LogP contribution in [0.3, 0.4) is 0 Å². The van der Waals surface area contributed by atoms with Crippen molar-refractivity contribution in [3.8, 4) is 11.4 Å². The lowest BCUT2D eigenvalue weighted by molar-refractivity contribution is -0.141. The van der Waals surface area contributed by atoms with Gasteiger partial charge in [-0.05, 0) is 29.5 Å². The number of hydrogen-bond donors (Lipinski definition) is 0. The van der Waals surface area contributed by atoms with E-state index in [4.69, 9.17) is 0 Å². The zero-order valence-electron chi connectivity index (χ0n) is 9.27. The number of nitrogens with zero attached hydrogens (tertiary/aromatic N) is 4. The summed E-state index contributed by atoms with van der Waals surface area (Å²) in [5.74, 6) is -4.09. The van der Waals surface area contributed by atoms with Gasteiger partial charge in [0, 0.05) is 10.0 Å². The third-order valence-corrected chi connectivity index (χ3v) is 2.76. The molecule has 4 nitrogen and oxygen atoms in total. The smallest absolute Gasteiger partial charge is 0.203 e. The van der Waals surface area contributed by atoms with E-state index < -0.39 is 18.9 Å². The van der Waals surface area contributed by atoms with Crippen LogP contribution in [0.25, 0.3) is 11.4 Å². The Hall–Kier alpha value is -1.51. The van der Waals surface area contributed by atoms with Crippen molar-refractivity contribution in [1.29, 1.82) is 0 Å². The number of hydrogen-bond acceptors (Lipinski definition) is 3. The van der Waals surface area contributed by atoms with E-state index in [1.807, 2.05) is 0 Å². The monoisotopic (exact) mass is 338 g/mol. The van der Waals surface area contributed by atoms with E-state index in [0.717, 1.165) is 4.47 Å². The highest BCUT2D eigenvalue weighted by Gasteiger charge is 2.42. The van der Waals surface area contributed by atoms with E-state index >= 15 is 0 Å². The number of benzene rings is 1. The fourth-order valence-corrected chi connectivity index (χ4v) is 1.55. The number of alkyl halides is 4. The van der Waals surface area contributed by atoms with E-state index in [0.29, 0.717) is 10.4 Å². The largest absolute Gasteiger partial charge is 0.328 e. The van der Waals surface area contributed by atoms with Gasteiger partial charge in [-0.15, -0.1) is 10.2 Å². The third kappa shape index (κ3) is 3.28. The average molecular weight is 339 g/mol. The molecule has 0 saturated carbocycles. The normalized spacial score (nSPS) is 12.1. The molecule has 1 heterocycles. The van der Waals surface area contributed by atoms with Crippen LogP contribution in [0.5, 0.6) is 0 Å². The van der Waals surface area contributed by atoms with Gasteiger partial charge in [0.05, 0.1) is 0 Å². The molecule has 19 heavy (non-hydrogen) atoms. The van der Waals surface area contributed by atoms with Crippen LogP contribution in [0.15, 0.2) is 28.7 Å². The van der Waals surface area contributed by atoms with E-state index in [1.165, 1.54) is 0 Å². The first-order chi connectivity index (χ1) is 8.88. The van der Waals surface area contributed by atoms with Gasteiger partial charge in [-0.2, -0.15) is 13.6 Å². The van der Waals surface area contributed by atoms with Gasteiger partial charge in [0.25, 0.3) is 0 Å². The van der Waals surface area contributed by atoms with E-state index in [-0.39, 0.29) is 5.82 Å². The zero-order chi connectivity index (χ0) is 14.0. The maximum Gasteiger partial charge on any atom is 0.328 e. The lowest BCUT2D eigenvalue weighted by Crippen LogP contribution is -2.33. The number of tetrazole rings is 1. The Morgan fingerprint density at radius 2 is 1.84 bits per heavy atom. The molecule has 1 aromatic heterocycles. The lowest BCUT2D eigenvalue weighted by atomic mass is 10.2. The number of aromatic nitrogens is 4. The van der Waals surface area contributed by atoms with Crippen molar-refractivity contribution in [2.75, 3.05) is 0 Å². The Morgan fingerprint density at radius 1 is 1.21 bits per heavy atom. The fourth-order valence-electron chi connectivity index (χ4n) is 1.28. The van der Waals surface area contributed by atoms with Crippen LogP contribution >= 0.6 is 15.9 Å². The second kappa shape index (κ2) is 5.24. The molecule has 2 rings (SSSR count). The quantitative estimate of drug-likeness (QED) is 0.805. The molecule has 0 radical (unpaired) electrons. The van der Waals surface area contributed by atoms with Crippen LogP contribution in [-0.2, 0) is 6.54 Å². The zero-order valence-corrected chi connectivity index (χ0v) is 10.9. The molecule has 0 N–H and O–H groups in total. The van der Waals surface area contributed by atoms with Crippen LogP contribution in [0.2, 0.25) is 0 Å². The second-order valence-electron chi connectivity index (χ2n) is 3.71. The van der Waals surface area contributed by atoms with Crippen molar-refractivity contribution in [2.24, 2.45) is 0 Å². The van der Waals surface area contributed by atoms with Gasteiger partial charge in [0.1, 0.15) is 6.54 Å². The maximum atomic E-state index is 12.8. The van der Waals surface area contributed by atoms with Crippen molar-refractivity contribution in [1.82, 2.24) is 20.2 Å². The summed E-state index contributed by atoms with van der Waals surface area (Å²) in [6.45, 7) is -1.31. The van der Waals surface area contributed by atoms with Crippen LogP contribution in [-0.4, -0.2) is 32.6 Å². The molecule has 0 bridgehead atoms. The van der Waals surface area contributed by atoms with Crippen molar-refractivity contribution < 1.29 is 17.6 Å². The van der Waals surface area contributed by atoms with Gasteiger partial charge in [-0.25, -0.2) is 8.78 Å². The predicted octanol–water partition coefficient (Wildman–Crippen LogP) is 3.00. The minimum absolute atomic E-state index is 0.0950. The van der Waals surface area contributed by atoms with Crippen LogP contribution in [0.1, 0.15) is 0 Å². The molecule has 0 aliphatic heterocycles. The molecule has 0 atom stereocenters. The Labute approximate surface area is 113 Å². The highest BCUT2D eigenvalue weighted by Crippen LogP contribution is 2.24. The molecule has 0 aliphatic rings. The minimum Gasteiger partial charge on any atom is -0.203 e. The van der Waals surface area contributed by atoms with Crippen LogP contribution in [0.4, 0.5) is 17.6 Å². The Balaban J connectivity index is 2.18. The Bertz CT molecular complexity index is 555. The molecule has 102 valence electrons. The third-order valence-electron chi connectivity index (χ3n) is 2.23. The summed E-state index contributed by atoms with van der Waals surface area (Å²) >= 11 is 3.23. The fraction of sp³-hybridized carbons (Fsp3) is 0.300. The molecule has 0 spiro atoms. The summed E-state index contributed by atoms with van der Waals surface area (Å²) in [5, 5.41) is 10.5. The molecule has 0 saturated heterocycles. The summed E-state index contributed by atoms with van der Waals surface area (Å²) < 4.78 is 50.5. The highest BCUT2D eigenvalue weighted by molar-refractivity contribution is 9.10. The average Bonchev–Trinajstić information content (AvgIpc) is 2.77. The molecule has 0 amide bonds. The summed E-state index contributed by atoms with van der Waals surface area (Å²) in [4.78, 5) is 0.462. The van der Waals surface area contributed by atoms with Gasteiger partial charge in [0.15, 0.2) is 0 Å². The molecular weight excluding hydrogens is 332 g/mol. The Kier molecular flexibility index (Phi) is 3.83. The molecule has 0 unspecified atom stereocenters. The molecular formula is C10H7BrF4N4. The van der Waals surface area contributed by atoms with Crippen molar-refractivity contribution >= 4 is 15.9 Å². The number of rotatable bonds is 4. The van der Waals surface area contributed by atoms with Crippen molar-refractivity contribution in [2.45, 2.75) is 18.9 Å². The van der Waals surface area contributed by atoms with Crippen molar-refractivity contribution in [3.05, 3.63) is 28.7 Å². The maximum absolute atomic E-state index is 12.8. The summed E-state index contributed by atoms with van der Waals surface area (Å²) in [5.41, 5.74) is 0.551.